The Bertz CT molecular complexity index is 400. The number of alkyl halides is 2. The topological polar surface area (TPSA) is 50.2 Å². The summed E-state index contributed by atoms with van der Waals surface area (Å²) in [4.78, 5) is 14.0. The Morgan fingerprint density at radius 3 is 2.73 bits per heavy atom. The van der Waals surface area contributed by atoms with Gasteiger partial charge in [0.2, 0.25) is 0 Å². The Morgan fingerprint density at radius 1 is 1.67 bits per heavy atom. The smallest absolute Gasteiger partial charge is 0.307 e. The van der Waals surface area contributed by atoms with Crippen LogP contribution in [0.3, 0.4) is 0 Å². The van der Waals surface area contributed by atoms with Crippen LogP contribution in [0.1, 0.15) is 17.6 Å². The summed E-state index contributed by atoms with van der Waals surface area (Å²) in [5.74, 6) is -1.20. The zero-order valence-corrected chi connectivity index (χ0v) is 9.52. The van der Waals surface area contributed by atoms with Crippen molar-refractivity contribution in [3.63, 3.8) is 0 Å². The first kappa shape index (κ1) is 12.3. The number of hydrogen-bond acceptors (Lipinski definition) is 2. The molecule has 0 bridgehead atoms. The Balaban J connectivity index is 3.26. The first-order valence-electron chi connectivity index (χ1n) is 3.76. The molecule has 0 aliphatic carbocycles. The number of carboxylic acid groups (broad SMARTS) is 1. The van der Waals surface area contributed by atoms with Gasteiger partial charge in [0.1, 0.15) is 9.76 Å². The minimum absolute atomic E-state index is 0.0376. The van der Waals surface area contributed by atoms with Crippen LogP contribution < -0.4 is 0 Å². The van der Waals surface area contributed by atoms with Gasteiger partial charge in [0.05, 0.1) is 12.0 Å². The van der Waals surface area contributed by atoms with Gasteiger partial charge >= 0.3 is 5.97 Å². The highest BCUT2D eigenvalue weighted by atomic mass is 79.9. The number of rotatable bonds is 3. The fraction of sp³-hybridized carbons (Fsp3) is 0.250. The predicted molar refractivity (Wildman–Crippen MR) is 53.2 cm³/mol. The summed E-state index contributed by atoms with van der Waals surface area (Å²) < 4.78 is 25.3. The SMILES string of the molecule is O=C(O)Cc1cc(Br)nc(Cl)c1C(F)F. The van der Waals surface area contributed by atoms with E-state index in [4.69, 9.17) is 16.7 Å². The summed E-state index contributed by atoms with van der Waals surface area (Å²) in [6.45, 7) is 0. The highest BCUT2D eigenvalue weighted by molar-refractivity contribution is 9.10. The Kier molecular flexibility index (Phi) is 3.98. The highest BCUT2D eigenvalue weighted by Crippen LogP contribution is 2.31. The van der Waals surface area contributed by atoms with Crippen molar-refractivity contribution < 1.29 is 18.7 Å². The number of aromatic nitrogens is 1. The van der Waals surface area contributed by atoms with Crippen LogP contribution in [0.15, 0.2) is 10.7 Å². The zero-order chi connectivity index (χ0) is 11.6. The first-order chi connectivity index (χ1) is 6.91. The maximum atomic E-state index is 12.5. The number of pyridine rings is 1. The van der Waals surface area contributed by atoms with Crippen molar-refractivity contribution >= 4 is 33.5 Å². The average molecular weight is 300 g/mol. The van der Waals surface area contributed by atoms with Crippen molar-refractivity contribution in [3.05, 3.63) is 26.9 Å². The van der Waals surface area contributed by atoms with Crippen molar-refractivity contribution in [2.75, 3.05) is 0 Å². The van der Waals surface area contributed by atoms with Gasteiger partial charge in [0.15, 0.2) is 0 Å². The molecule has 15 heavy (non-hydrogen) atoms. The monoisotopic (exact) mass is 299 g/mol. The van der Waals surface area contributed by atoms with E-state index in [1.165, 1.54) is 6.07 Å². The maximum Gasteiger partial charge on any atom is 0.307 e. The second kappa shape index (κ2) is 4.85. The van der Waals surface area contributed by atoms with Crippen LogP contribution in [-0.4, -0.2) is 16.1 Å². The summed E-state index contributed by atoms with van der Waals surface area (Å²) in [5.41, 5.74) is -0.563. The molecule has 0 aromatic carbocycles. The molecule has 0 unspecified atom stereocenters. The lowest BCUT2D eigenvalue weighted by molar-refractivity contribution is -0.136. The lowest BCUT2D eigenvalue weighted by Gasteiger charge is -2.08. The van der Waals surface area contributed by atoms with Gasteiger partial charge in [-0.15, -0.1) is 0 Å². The van der Waals surface area contributed by atoms with Crippen LogP contribution in [0.4, 0.5) is 8.78 Å². The number of nitrogens with zero attached hydrogens (tertiary/aromatic N) is 1. The first-order valence-corrected chi connectivity index (χ1v) is 4.93. The molecule has 0 radical (unpaired) electrons. The molecule has 1 N–H and O–H groups in total. The Morgan fingerprint density at radius 2 is 2.27 bits per heavy atom. The fourth-order valence-corrected chi connectivity index (χ4v) is 1.93. The molecule has 0 saturated carbocycles. The molecule has 0 aliphatic rings. The largest absolute Gasteiger partial charge is 0.481 e. The molecule has 1 heterocycles. The van der Waals surface area contributed by atoms with Gasteiger partial charge in [0, 0.05) is 0 Å². The van der Waals surface area contributed by atoms with Gasteiger partial charge in [-0.1, -0.05) is 11.6 Å². The van der Waals surface area contributed by atoms with E-state index in [1.807, 2.05) is 0 Å². The molecule has 0 spiro atoms. The number of carboxylic acids is 1. The van der Waals surface area contributed by atoms with Gasteiger partial charge in [-0.25, -0.2) is 13.8 Å². The molecule has 0 fully saturated rings. The van der Waals surface area contributed by atoms with Crippen molar-refractivity contribution in [1.29, 1.82) is 0 Å². The average Bonchev–Trinajstić information content (AvgIpc) is 1.99. The lowest BCUT2D eigenvalue weighted by Crippen LogP contribution is -2.06. The zero-order valence-electron chi connectivity index (χ0n) is 7.18. The third-order valence-electron chi connectivity index (χ3n) is 1.63. The molecule has 0 saturated heterocycles. The van der Waals surface area contributed by atoms with Crippen molar-refractivity contribution in [1.82, 2.24) is 4.98 Å². The number of aliphatic carboxylic acids is 1. The summed E-state index contributed by atoms with van der Waals surface area (Å²) in [7, 11) is 0. The fourth-order valence-electron chi connectivity index (χ4n) is 1.08. The van der Waals surface area contributed by atoms with E-state index in [1.54, 1.807) is 0 Å². The minimum Gasteiger partial charge on any atom is -0.481 e. The molecule has 1 rings (SSSR count). The molecular formula is C8H5BrClF2NO2. The lowest BCUT2D eigenvalue weighted by atomic mass is 10.1. The molecule has 3 nitrogen and oxygen atoms in total. The van der Waals surface area contributed by atoms with Crippen LogP contribution in [-0.2, 0) is 11.2 Å². The van der Waals surface area contributed by atoms with Gasteiger partial charge in [0.25, 0.3) is 6.43 Å². The van der Waals surface area contributed by atoms with Crippen LogP contribution >= 0.6 is 27.5 Å². The highest BCUT2D eigenvalue weighted by Gasteiger charge is 2.20. The number of halogens is 4. The molecule has 7 heteroatoms. The van der Waals surface area contributed by atoms with Crippen LogP contribution in [0, 0.1) is 0 Å². The normalized spacial score (nSPS) is 10.7. The third-order valence-corrected chi connectivity index (χ3v) is 2.32. The minimum atomic E-state index is -2.84. The summed E-state index contributed by atoms with van der Waals surface area (Å²) >= 11 is 8.45. The quantitative estimate of drug-likeness (QED) is 0.873. The number of carbonyl (C=O) groups is 1. The van der Waals surface area contributed by atoms with Crippen LogP contribution in [0.25, 0.3) is 0 Å². The standard InChI is InChI=1S/C8H5BrClF2NO2/c9-4-1-3(2-5(14)15)6(8(11)12)7(10)13-4/h1,8H,2H2,(H,14,15). The molecule has 0 aliphatic heterocycles. The van der Waals surface area contributed by atoms with Crippen LogP contribution in [0.5, 0.6) is 0 Å². The second-order valence-corrected chi connectivity index (χ2v) is 3.85. The van der Waals surface area contributed by atoms with Crippen molar-refractivity contribution in [3.8, 4) is 0 Å². The van der Waals surface area contributed by atoms with Crippen LogP contribution in [0.2, 0.25) is 5.15 Å². The van der Waals surface area contributed by atoms with E-state index in [2.05, 4.69) is 20.9 Å². The van der Waals surface area contributed by atoms with E-state index >= 15 is 0 Å². The maximum absolute atomic E-state index is 12.5. The van der Waals surface area contributed by atoms with Crippen molar-refractivity contribution in [2.24, 2.45) is 0 Å². The molecule has 1 aromatic rings. The van der Waals surface area contributed by atoms with Gasteiger partial charge in [-0.2, -0.15) is 0 Å². The van der Waals surface area contributed by atoms with E-state index in [9.17, 15) is 13.6 Å². The Labute approximate surface area is 97.2 Å². The van der Waals surface area contributed by atoms with Gasteiger partial charge < -0.3 is 5.11 Å². The molecule has 0 atom stereocenters. The third kappa shape index (κ3) is 3.10. The molecule has 82 valence electrons. The van der Waals surface area contributed by atoms with Gasteiger partial charge in [-0.3, -0.25) is 4.79 Å². The van der Waals surface area contributed by atoms with E-state index < -0.39 is 24.4 Å². The van der Waals surface area contributed by atoms with Gasteiger partial charge in [-0.05, 0) is 27.6 Å². The Hall–Kier alpha value is -0.750. The molecule has 1 aromatic heterocycles. The van der Waals surface area contributed by atoms with E-state index in [0.29, 0.717) is 0 Å². The number of hydrogen-bond donors (Lipinski definition) is 1. The van der Waals surface area contributed by atoms with E-state index in [0.717, 1.165) is 0 Å². The molecule has 0 amide bonds. The summed E-state index contributed by atoms with van der Waals surface area (Å²) in [6, 6.07) is 1.22. The van der Waals surface area contributed by atoms with Crippen molar-refractivity contribution in [2.45, 2.75) is 12.8 Å². The predicted octanol–water partition coefficient (Wildman–Crippen LogP) is 3.06. The second-order valence-electron chi connectivity index (χ2n) is 2.68. The molecular weight excluding hydrogens is 295 g/mol. The summed E-state index contributed by atoms with van der Waals surface area (Å²) in [5, 5.41) is 8.15. The van der Waals surface area contributed by atoms with E-state index in [-0.39, 0.29) is 15.3 Å². The summed E-state index contributed by atoms with van der Waals surface area (Å²) in [6.07, 6.45) is -3.35.